The van der Waals surface area contributed by atoms with Gasteiger partial charge in [0.05, 0.1) is 13.2 Å². The summed E-state index contributed by atoms with van der Waals surface area (Å²) in [6.45, 7) is 1.34. The van der Waals surface area contributed by atoms with Gasteiger partial charge < -0.3 is 20.1 Å². The standard InChI is InChI=1S/C6H16NO4.C2H4O2/c1-7(2,10-5-3-8)11-6-4-9;1-2(3)4/h8-9H,3-6H2,1-2H3;1H3,(H,3,4)/q+1;/p-1. The maximum absolute atomic E-state index is 8.89. The van der Waals surface area contributed by atoms with E-state index in [1.54, 1.807) is 14.1 Å². The summed E-state index contributed by atoms with van der Waals surface area (Å²) >= 11 is 0. The van der Waals surface area contributed by atoms with Crippen LogP contribution in [0.15, 0.2) is 0 Å². The summed E-state index contributed by atoms with van der Waals surface area (Å²) < 4.78 is 0. The van der Waals surface area contributed by atoms with Gasteiger partial charge in [0.2, 0.25) is 0 Å². The molecule has 0 aromatic rings. The van der Waals surface area contributed by atoms with Crippen LogP contribution >= 0.6 is 0 Å². The van der Waals surface area contributed by atoms with Gasteiger partial charge in [-0.2, -0.15) is 9.68 Å². The minimum Gasteiger partial charge on any atom is -0.550 e. The number of hydrogen-bond donors (Lipinski definition) is 2. The lowest BCUT2D eigenvalue weighted by Gasteiger charge is -2.23. The van der Waals surface area contributed by atoms with Crippen LogP contribution in [0.3, 0.4) is 0 Å². The Morgan fingerprint density at radius 1 is 1.20 bits per heavy atom. The monoisotopic (exact) mass is 225 g/mol. The molecule has 0 heterocycles. The second-order valence-corrected chi connectivity index (χ2v) is 2.86. The van der Waals surface area contributed by atoms with Gasteiger partial charge in [-0.1, -0.05) is 0 Å². The fourth-order valence-corrected chi connectivity index (χ4v) is 0.559. The number of carbonyl (C=O) groups excluding carboxylic acids is 1. The molecule has 0 aromatic heterocycles. The van der Waals surface area contributed by atoms with E-state index in [2.05, 4.69) is 0 Å². The van der Waals surface area contributed by atoms with Crippen LogP contribution in [0.2, 0.25) is 0 Å². The molecule has 92 valence electrons. The fourth-order valence-electron chi connectivity index (χ4n) is 0.559. The van der Waals surface area contributed by atoms with Crippen LogP contribution in [-0.4, -0.2) is 61.5 Å². The molecule has 2 N–H and O–H groups in total. The summed E-state index contributed by atoms with van der Waals surface area (Å²) in [5, 5.41) is 25.7. The van der Waals surface area contributed by atoms with Crippen molar-refractivity contribution in [2.75, 3.05) is 40.5 Å². The summed E-state index contributed by atoms with van der Waals surface area (Å²) in [6, 6.07) is 0. The van der Waals surface area contributed by atoms with E-state index in [1.165, 1.54) is 0 Å². The molecule has 0 fully saturated rings. The molecule has 7 heteroatoms. The van der Waals surface area contributed by atoms with Crippen molar-refractivity contribution in [1.82, 2.24) is 0 Å². The van der Waals surface area contributed by atoms with Crippen molar-refractivity contribution in [2.45, 2.75) is 6.92 Å². The highest BCUT2D eigenvalue weighted by molar-refractivity contribution is 5.60. The second kappa shape index (κ2) is 9.81. The van der Waals surface area contributed by atoms with Gasteiger partial charge in [0.1, 0.15) is 27.3 Å². The summed E-state index contributed by atoms with van der Waals surface area (Å²) in [7, 11) is 3.34. The Labute approximate surface area is 88.9 Å². The van der Waals surface area contributed by atoms with E-state index >= 15 is 0 Å². The number of aliphatic hydroxyl groups excluding tert-OH is 2. The number of hydroxylamine groups is 4. The highest BCUT2D eigenvalue weighted by Crippen LogP contribution is 1.98. The average molecular weight is 225 g/mol. The predicted molar refractivity (Wildman–Crippen MR) is 48.9 cm³/mol. The molecule has 0 saturated heterocycles. The molecule has 0 aliphatic carbocycles. The molecule has 0 bridgehead atoms. The molecule has 0 spiro atoms. The Morgan fingerprint density at radius 3 is 1.67 bits per heavy atom. The Balaban J connectivity index is 0. The van der Waals surface area contributed by atoms with Crippen LogP contribution in [0, 0.1) is 0 Å². The first-order valence-corrected chi connectivity index (χ1v) is 4.38. The molecule has 0 rings (SSSR count). The lowest BCUT2D eigenvalue weighted by molar-refractivity contribution is -1.22. The SMILES string of the molecule is CC(=O)[O-].C[N+](C)(OCCO)OCCO. The van der Waals surface area contributed by atoms with E-state index in [1.807, 2.05) is 0 Å². The Morgan fingerprint density at radius 2 is 1.47 bits per heavy atom. The summed E-state index contributed by atoms with van der Waals surface area (Å²) in [4.78, 5) is 18.8. The van der Waals surface area contributed by atoms with Crippen LogP contribution in [0.4, 0.5) is 0 Å². The van der Waals surface area contributed by atoms with Crippen LogP contribution in [0.5, 0.6) is 0 Å². The van der Waals surface area contributed by atoms with Crippen molar-refractivity contribution in [3.8, 4) is 0 Å². The quantitative estimate of drug-likeness (QED) is 0.388. The minimum absolute atomic E-state index is 0.0375. The molecule has 0 saturated carbocycles. The third kappa shape index (κ3) is 19.6. The summed E-state index contributed by atoms with van der Waals surface area (Å²) in [5.41, 5.74) is 0. The van der Waals surface area contributed by atoms with Crippen molar-refractivity contribution in [3.05, 3.63) is 0 Å². The topological polar surface area (TPSA) is 99.1 Å². The Kier molecular flexibility index (Phi) is 10.9. The van der Waals surface area contributed by atoms with Gasteiger partial charge >= 0.3 is 0 Å². The summed E-state index contributed by atoms with van der Waals surface area (Å²) in [5.74, 6) is -1.08. The average Bonchev–Trinajstić information content (AvgIpc) is 2.11. The van der Waals surface area contributed by atoms with E-state index in [0.29, 0.717) is 0 Å². The number of nitrogens with zero attached hydrogens (tertiary/aromatic N) is 1. The normalized spacial score (nSPS) is 10.5. The van der Waals surface area contributed by atoms with Crippen LogP contribution < -0.4 is 5.11 Å². The van der Waals surface area contributed by atoms with Gasteiger partial charge in [0, 0.05) is 5.97 Å². The van der Waals surface area contributed by atoms with Crippen molar-refractivity contribution >= 4 is 5.97 Å². The number of carboxylic acids is 1. The zero-order valence-corrected chi connectivity index (χ0v) is 9.30. The van der Waals surface area contributed by atoms with Gasteiger partial charge in [-0.05, 0) is 11.7 Å². The number of aliphatic hydroxyl groups is 2. The van der Waals surface area contributed by atoms with Crippen molar-refractivity contribution in [3.63, 3.8) is 0 Å². The largest absolute Gasteiger partial charge is 0.550 e. The molecular formula is C8H19NO6. The molecule has 0 atom stereocenters. The molecule has 7 nitrogen and oxygen atoms in total. The lowest BCUT2D eigenvalue weighted by Crippen LogP contribution is -2.41. The fraction of sp³-hybridized carbons (Fsp3) is 0.875. The first-order valence-electron chi connectivity index (χ1n) is 4.38. The number of hydrogen-bond acceptors (Lipinski definition) is 6. The van der Waals surface area contributed by atoms with Gasteiger partial charge in [0.25, 0.3) is 0 Å². The molecule has 0 aromatic carbocycles. The van der Waals surface area contributed by atoms with Crippen LogP contribution in [-0.2, 0) is 14.5 Å². The molecule has 0 radical (unpaired) electrons. The maximum Gasteiger partial charge on any atom is 0.133 e. The number of quaternary nitrogens is 1. The predicted octanol–water partition coefficient (Wildman–Crippen LogP) is -2.33. The Hall–Kier alpha value is -0.730. The lowest BCUT2D eigenvalue weighted by atomic mass is 10.8. The molecule has 0 unspecified atom stereocenters. The van der Waals surface area contributed by atoms with Gasteiger partial charge in [0.15, 0.2) is 0 Å². The van der Waals surface area contributed by atoms with Gasteiger partial charge in [-0.25, -0.2) is 0 Å². The molecule has 15 heavy (non-hydrogen) atoms. The van der Waals surface area contributed by atoms with E-state index in [0.717, 1.165) is 6.92 Å². The maximum atomic E-state index is 8.89. The van der Waals surface area contributed by atoms with Gasteiger partial charge in [-0.15, -0.1) is 0 Å². The molecule has 0 aliphatic rings. The molecular weight excluding hydrogens is 206 g/mol. The van der Waals surface area contributed by atoms with Crippen LogP contribution in [0.1, 0.15) is 6.92 Å². The summed E-state index contributed by atoms with van der Waals surface area (Å²) in [6.07, 6.45) is 0. The number of rotatable bonds is 6. The first kappa shape index (κ1) is 16.7. The van der Waals surface area contributed by atoms with E-state index in [4.69, 9.17) is 29.8 Å². The van der Waals surface area contributed by atoms with Crippen molar-refractivity contribution < 1.29 is 34.6 Å². The zero-order chi connectivity index (χ0) is 12.3. The van der Waals surface area contributed by atoms with E-state index in [9.17, 15) is 0 Å². The minimum atomic E-state index is -1.08. The Bertz CT molecular complexity index is 147. The first-order chi connectivity index (χ1) is 6.85. The second-order valence-electron chi connectivity index (χ2n) is 2.86. The third-order valence-electron chi connectivity index (χ3n) is 0.987. The van der Waals surface area contributed by atoms with Crippen LogP contribution in [0.25, 0.3) is 0 Å². The zero-order valence-electron chi connectivity index (χ0n) is 9.30. The van der Waals surface area contributed by atoms with Gasteiger partial charge in [-0.3, -0.25) is 0 Å². The number of carboxylic acid groups (broad SMARTS) is 1. The van der Waals surface area contributed by atoms with E-state index < -0.39 is 5.97 Å². The molecule has 0 aliphatic heterocycles. The number of aliphatic carboxylic acids is 1. The number of carbonyl (C=O) groups is 1. The smallest absolute Gasteiger partial charge is 0.133 e. The highest BCUT2D eigenvalue weighted by atomic mass is 17.0. The third-order valence-corrected chi connectivity index (χ3v) is 0.987. The van der Waals surface area contributed by atoms with E-state index in [-0.39, 0.29) is 31.2 Å². The van der Waals surface area contributed by atoms with Crippen molar-refractivity contribution in [2.24, 2.45) is 0 Å². The molecule has 0 amide bonds. The highest BCUT2D eigenvalue weighted by Gasteiger charge is 2.17. The van der Waals surface area contributed by atoms with Crippen molar-refractivity contribution in [1.29, 1.82) is 0 Å².